The first-order valence-corrected chi connectivity index (χ1v) is 17.6. The summed E-state index contributed by atoms with van der Waals surface area (Å²) in [5.74, 6) is 1.09. The maximum atomic E-state index is 5.31. The van der Waals surface area contributed by atoms with Crippen molar-refractivity contribution in [3.05, 3.63) is 173 Å². The third-order valence-corrected chi connectivity index (χ3v) is 11.4. The Labute approximate surface area is 283 Å². The van der Waals surface area contributed by atoms with E-state index in [4.69, 9.17) is 9.97 Å². The number of hydrogen-bond donors (Lipinski definition) is 0. The molecule has 48 heavy (non-hydrogen) atoms. The Kier molecular flexibility index (Phi) is 6.31. The zero-order chi connectivity index (χ0) is 31.6. The molecular formula is C44H31N3S. The van der Waals surface area contributed by atoms with Gasteiger partial charge < -0.3 is 4.90 Å². The fourth-order valence-corrected chi connectivity index (χ4v) is 9.28. The number of benzene rings is 5. The summed E-state index contributed by atoms with van der Waals surface area (Å²) in [7, 11) is 0. The minimum atomic E-state index is 0.307. The third kappa shape index (κ3) is 4.33. The second kappa shape index (κ2) is 11.0. The van der Waals surface area contributed by atoms with E-state index >= 15 is 0 Å². The second-order valence-electron chi connectivity index (χ2n) is 12.8. The summed E-state index contributed by atoms with van der Waals surface area (Å²) in [6.45, 7) is 0. The molecule has 0 amide bonds. The summed E-state index contributed by atoms with van der Waals surface area (Å²) < 4.78 is 1.39. The highest BCUT2D eigenvalue weighted by molar-refractivity contribution is 7.20. The fourth-order valence-electron chi connectivity index (χ4n) is 7.91. The van der Waals surface area contributed by atoms with Crippen LogP contribution >= 0.6 is 11.3 Å². The zero-order valence-corrected chi connectivity index (χ0v) is 27.1. The van der Waals surface area contributed by atoms with Crippen LogP contribution in [0.2, 0.25) is 0 Å². The molecule has 2 aliphatic carbocycles. The van der Waals surface area contributed by atoms with Gasteiger partial charge in [-0.1, -0.05) is 115 Å². The van der Waals surface area contributed by atoms with Crippen molar-refractivity contribution in [3.8, 4) is 22.4 Å². The van der Waals surface area contributed by atoms with Gasteiger partial charge in [0.15, 0.2) is 5.82 Å². The number of aryl methyl sites for hydroxylation is 1. The van der Waals surface area contributed by atoms with E-state index in [1.807, 2.05) is 11.3 Å². The SMILES string of the molecule is C1=C(c2nc(-c3ccc(-c4ccccc4)cc3)c3ccccc3n2)C=C2C(C1)C1=C(CCc3c1sc1ccccc31)N2c1ccccc1. The van der Waals surface area contributed by atoms with Crippen LogP contribution in [0.1, 0.15) is 29.1 Å². The lowest BCUT2D eigenvalue weighted by atomic mass is 9.83. The Morgan fingerprint density at radius 2 is 1.31 bits per heavy atom. The van der Waals surface area contributed by atoms with Crippen LogP contribution in [0.4, 0.5) is 5.69 Å². The van der Waals surface area contributed by atoms with Crippen molar-refractivity contribution in [2.75, 3.05) is 4.90 Å². The molecule has 0 fully saturated rings. The van der Waals surface area contributed by atoms with Crippen LogP contribution in [0.5, 0.6) is 0 Å². The molecule has 3 aliphatic rings. The van der Waals surface area contributed by atoms with Gasteiger partial charge in [-0.05, 0) is 77.3 Å². The average molecular weight is 634 g/mol. The Morgan fingerprint density at radius 1 is 0.625 bits per heavy atom. The minimum Gasteiger partial charge on any atom is -0.317 e. The largest absolute Gasteiger partial charge is 0.317 e. The van der Waals surface area contributed by atoms with Gasteiger partial charge in [0, 0.05) is 49.1 Å². The summed E-state index contributed by atoms with van der Waals surface area (Å²) in [6.07, 6.45) is 7.78. The van der Waals surface area contributed by atoms with Gasteiger partial charge in [0.1, 0.15) is 0 Å². The van der Waals surface area contributed by atoms with Crippen molar-refractivity contribution >= 4 is 49.2 Å². The van der Waals surface area contributed by atoms with Crippen molar-refractivity contribution < 1.29 is 0 Å². The number of allylic oxidation sites excluding steroid dienone is 5. The zero-order valence-electron chi connectivity index (χ0n) is 26.3. The molecule has 1 atom stereocenters. The number of nitrogens with zero attached hydrogens (tertiary/aromatic N) is 3. The van der Waals surface area contributed by atoms with Crippen LogP contribution in [-0.4, -0.2) is 9.97 Å². The predicted molar refractivity (Wildman–Crippen MR) is 201 cm³/mol. The molecule has 3 heterocycles. The summed E-state index contributed by atoms with van der Waals surface area (Å²) in [5.41, 5.74) is 13.6. The molecule has 0 N–H and O–H groups in total. The Bertz CT molecular complexity index is 2470. The Balaban J connectivity index is 1.09. The smallest absolute Gasteiger partial charge is 0.160 e. The summed E-state index contributed by atoms with van der Waals surface area (Å²) in [5, 5.41) is 2.49. The van der Waals surface area contributed by atoms with E-state index in [0.717, 1.165) is 52.8 Å². The van der Waals surface area contributed by atoms with E-state index in [9.17, 15) is 0 Å². The normalized spacial score (nSPS) is 16.8. The van der Waals surface area contributed by atoms with Gasteiger partial charge in [-0.2, -0.15) is 0 Å². The van der Waals surface area contributed by atoms with Crippen LogP contribution in [0.15, 0.2) is 157 Å². The third-order valence-electron chi connectivity index (χ3n) is 10.1. The van der Waals surface area contributed by atoms with Crippen LogP contribution in [0, 0.1) is 5.92 Å². The lowest BCUT2D eigenvalue weighted by Crippen LogP contribution is -2.21. The van der Waals surface area contributed by atoms with Crippen molar-refractivity contribution in [1.82, 2.24) is 9.97 Å². The topological polar surface area (TPSA) is 29.0 Å². The highest BCUT2D eigenvalue weighted by atomic mass is 32.1. The standard InChI is InChI=1S/C44H31N3S/c1-3-11-28(12-4-1)29-19-21-30(22-20-29)42-35-16-7-9-17-37(35)45-44(46-42)31-23-24-36-39(27-31)47(32-13-5-2-6-14-32)38-26-25-34-33-15-8-10-18-40(33)48-43(34)41(36)38/h1-23,27,36H,24-26H2. The van der Waals surface area contributed by atoms with Gasteiger partial charge in [-0.15, -0.1) is 11.3 Å². The van der Waals surface area contributed by atoms with E-state index in [1.165, 1.54) is 54.3 Å². The molecule has 0 saturated carbocycles. The van der Waals surface area contributed by atoms with Crippen LogP contribution in [0.3, 0.4) is 0 Å². The monoisotopic (exact) mass is 633 g/mol. The maximum absolute atomic E-state index is 5.31. The van der Waals surface area contributed by atoms with Crippen molar-refractivity contribution in [2.24, 2.45) is 5.92 Å². The molecule has 228 valence electrons. The van der Waals surface area contributed by atoms with Crippen LogP contribution < -0.4 is 4.90 Å². The average Bonchev–Trinajstić information content (AvgIpc) is 3.70. The number of anilines is 1. The van der Waals surface area contributed by atoms with Gasteiger partial charge in [0.25, 0.3) is 0 Å². The number of aromatic nitrogens is 2. The van der Waals surface area contributed by atoms with Crippen molar-refractivity contribution in [1.29, 1.82) is 0 Å². The predicted octanol–water partition coefficient (Wildman–Crippen LogP) is 11.3. The van der Waals surface area contributed by atoms with Gasteiger partial charge in [-0.3, -0.25) is 0 Å². The molecule has 1 aliphatic heterocycles. The Morgan fingerprint density at radius 3 is 2.15 bits per heavy atom. The number of hydrogen-bond acceptors (Lipinski definition) is 4. The minimum absolute atomic E-state index is 0.307. The van der Waals surface area contributed by atoms with Crippen LogP contribution in [0.25, 0.3) is 54.5 Å². The van der Waals surface area contributed by atoms with E-state index in [1.54, 1.807) is 0 Å². The number of para-hydroxylation sites is 2. The lowest BCUT2D eigenvalue weighted by Gasteiger charge is -2.28. The molecule has 10 rings (SSSR count). The molecular weight excluding hydrogens is 603 g/mol. The van der Waals surface area contributed by atoms with Gasteiger partial charge in [0.05, 0.1) is 11.2 Å². The fraction of sp³-hybridized carbons (Fsp3) is 0.0909. The quantitative estimate of drug-likeness (QED) is 0.193. The molecule has 0 saturated heterocycles. The highest BCUT2D eigenvalue weighted by Crippen LogP contribution is 2.56. The lowest BCUT2D eigenvalue weighted by molar-refractivity contribution is 0.793. The number of rotatable bonds is 4. The van der Waals surface area contributed by atoms with Gasteiger partial charge >= 0.3 is 0 Å². The molecule has 0 radical (unpaired) electrons. The number of thiophene rings is 1. The molecule has 2 aromatic heterocycles. The van der Waals surface area contributed by atoms with E-state index in [-0.39, 0.29) is 0 Å². The van der Waals surface area contributed by atoms with E-state index in [0.29, 0.717) is 5.92 Å². The highest BCUT2D eigenvalue weighted by Gasteiger charge is 2.42. The maximum Gasteiger partial charge on any atom is 0.160 e. The van der Waals surface area contributed by atoms with E-state index < -0.39 is 0 Å². The second-order valence-corrected chi connectivity index (χ2v) is 13.9. The van der Waals surface area contributed by atoms with E-state index in [2.05, 4.69) is 151 Å². The van der Waals surface area contributed by atoms with Crippen LogP contribution in [-0.2, 0) is 6.42 Å². The molecule has 0 bridgehead atoms. The summed E-state index contributed by atoms with van der Waals surface area (Å²) >= 11 is 1.97. The first-order chi connectivity index (χ1) is 23.8. The molecule has 3 nitrogen and oxygen atoms in total. The Hall–Kier alpha value is -5.58. The number of fused-ring (bicyclic) bond motifs is 7. The molecule has 0 spiro atoms. The molecule has 7 aromatic rings. The van der Waals surface area contributed by atoms with Gasteiger partial charge in [-0.25, -0.2) is 9.97 Å². The molecule has 4 heteroatoms. The molecule has 5 aromatic carbocycles. The molecule has 1 unspecified atom stereocenters. The van der Waals surface area contributed by atoms with Gasteiger partial charge in [0.2, 0.25) is 0 Å². The first kappa shape index (κ1) is 27.5. The summed E-state index contributed by atoms with van der Waals surface area (Å²) in [4.78, 5) is 14.5. The van der Waals surface area contributed by atoms with Crippen molar-refractivity contribution in [3.63, 3.8) is 0 Å². The van der Waals surface area contributed by atoms with Crippen molar-refractivity contribution in [2.45, 2.75) is 19.3 Å². The summed E-state index contributed by atoms with van der Waals surface area (Å²) in [6, 6.07) is 47.5. The first-order valence-electron chi connectivity index (χ1n) is 16.7.